The fraction of sp³-hybridized carbons (Fsp3) is 0.269. The van der Waals surface area contributed by atoms with Crippen molar-refractivity contribution < 1.29 is 34.0 Å². The molecule has 0 radical (unpaired) electrons. The maximum Gasteiger partial charge on any atom is 0.295 e. The molecule has 0 bridgehead atoms. The summed E-state index contributed by atoms with van der Waals surface area (Å²) in [6, 6.07) is 7.09. The number of nitrogens with zero attached hydrogens (tertiary/aromatic N) is 3. The average Bonchev–Trinajstić information content (AvgIpc) is 3.52. The number of Topliss-reactive ketones (excluding diaryl/α,β-unsaturated/α-hetero) is 1. The molecule has 2 aliphatic heterocycles. The van der Waals surface area contributed by atoms with Crippen LogP contribution >= 0.6 is 15.9 Å². The van der Waals surface area contributed by atoms with Crippen molar-refractivity contribution in [2.24, 2.45) is 0 Å². The zero-order valence-electron chi connectivity index (χ0n) is 19.9. The summed E-state index contributed by atoms with van der Waals surface area (Å²) in [5.74, 6) is -0.841. The van der Waals surface area contributed by atoms with Crippen molar-refractivity contribution in [1.29, 1.82) is 0 Å². The van der Waals surface area contributed by atoms with Crippen LogP contribution in [0.3, 0.4) is 0 Å². The van der Waals surface area contributed by atoms with E-state index in [4.69, 9.17) is 14.2 Å². The number of likely N-dealkylation sites (tertiary alicyclic amines) is 1. The second-order valence-corrected chi connectivity index (χ2v) is 9.41. The number of carbonyl (C=O) groups is 2. The number of aliphatic hydroxyl groups is 1. The highest BCUT2D eigenvalue weighted by atomic mass is 79.9. The zero-order chi connectivity index (χ0) is 26.1. The quantitative estimate of drug-likeness (QED) is 0.251. The minimum absolute atomic E-state index is 0.0658. The zero-order valence-corrected chi connectivity index (χ0v) is 21.5. The Kier molecular flexibility index (Phi) is 6.79. The smallest absolute Gasteiger partial charge is 0.295 e. The van der Waals surface area contributed by atoms with Crippen LogP contribution in [0.1, 0.15) is 23.6 Å². The first-order chi connectivity index (χ1) is 17.9. The SMILES string of the molecule is COc1cc([C@@H]2C(=C(O)c3ccc4c(c3)OCCO4)C(=O)C(=O)N2CCCn2ccnc2)cc(Br)c1O. The van der Waals surface area contributed by atoms with Crippen molar-refractivity contribution >= 4 is 33.4 Å². The molecule has 2 aliphatic rings. The number of ketones is 1. The molecule has 3 aromatic rings. The van der Waals surface area contributed by atoms with Crippen molar-refractivity contribution in [2.75, 3.05) is 26.9 Å². The third kappa shape index (κ3) is 4.62. The van der Waals surface area contributed by atoms with Crippen LogP contribution in [0.5, 0.6) is 23.0 Å². The number of rotatable bonds is 7. The van der Waals surface area contributed by atoms with Gasteiger partial charge in [0.1, 0.15) is 19.0 Å². The van der Waals surface area contributed by atoms with Gasteiger partial charge in [-0.25, -0.2) is 4.98 Å². The van der Waals surface area contributed by atoms with Gasteiger partial charge in [0.2, 0.25) is 0 Å². The van der Waals surface area contributed by atoms with Crippen LogP contribution in [0.4, 0.5) is 0 Å². The van der Waals surface area contributed by atoms with Crippen molar-refractivity contribution in [3.63, 3.8) is 0 Å². The summed E-state index contributed by atoms with van der Waals surface area (Å²) in [6.07, 6.45) is 5.70. The van der Waals surface area contributed by atoms with Gasteiger partial charge in [-0.05, 0) is 58.2 Å². The molecule has 3 heterocycles. The maximum atomic E-state index is 13.3. The van der Waals surface area contributed by atoms with Crippen LogP contribution in [0.15, 0.2) is 59.1 Å². The van der Waals surface area contributed by atoms with Crippen molar-refractivity contribution in [3.05, 3.63) is 70.2 Å². The fourth-order valence-electron chi connectivity index (χ4n) is 4.55. The van der Waals surface area contributed by atoms with Gasteiger partial charge < -0.3 is 33.9 Å². The molecule has 10 nitrogen and oxygen atoms in total. The number of hydrogen-bond donors (Lipinski definition) is 2. The summed E-state index contributed by atoms with van der Waals surface area (Å²) in [7, 11) is 1.41. The monoisotopic (exact) mass is 569 g/mol. The fourth-order valence-corrected chi connectivity index (χ4v) is 5.01. The van der Waals surface area contributed by atoms with Gasteiger partial charge in [0.05, 0.1) is 29.5 Å². The Morgan fingerprint density at radius 2 is 1.95 bits per heavy atom. The topological polar surface area (TPSA) is 123 Å². The second-order valence-electron chi connectivity index (χ2n) is 8.56. The lowest BCUT2D eigenvalue weighted by molar-refractivity contribution is -0.139. The first kappa shape index (κ1) is 24.7. The van der Waals surface area contributed by atoms with Gasteiger partial charge in [0.25, 0.3) is 11.7 Å². The number of aromatic hydroxyl groups is 1. The Balaban J connectivity index is 1.59. The predicted molar refractivity (Wildman–Crippen MR) is 136 cm³/mol. The van der Waals surface area contributed by atoms with Gasteiger partial charge in [-0.2, -0.15) is 0 Å². The van der Waals surface area contributed by atoms with Crippen LogP contribution < -0.4 is 14.2 Å². The number of aryl methyl sites for hydroxylation is 1. The number of imidazole rings is 1. The Hall–Kier alpha value is -3.99. The van der Waals surface area contributed by atoms with Crippen LogP contribution in [0, 0.1) is 0 Å². The molecule has 2 N–H and O–H groups in total. The molecule has 0 unspecified atom stereocenters. The molecule has 5 rings (SSSR count). The first-order valence-corrected chi connectivity index (χ1v) is 12.4. The highest BCUT2D eigenvalue weighted by molar-refractivity contribution is 9.10. The second kappa shape index (κ2) is 10.2. The van der Waals surface area contributed by atoms with Crippen LogP contribution in [0.25, 0.3) is 5.76 Å². The van der Waals surface area contributed by atoms with E-state index in [0.717, 1.165) is 0 Å². The molecule has 11 heteroatoms. The molecule has 1 atom stereocenters. The summed E-state index contributed by atoms with van der Waals surface area (Å²) >= 11 is 3.32. The van der Waals surface area contributed by atoms with Crippen molar-refractivity contribution in [1.82, 2.24) is 14.5 Å². The van der Waals surface area contributed by atoms with Crippen molar-refractivity contribution in [3.8, 4) is 23.0 Å². The van der Waals surface area contributed by atoms with E-state index < -0.39 is 17.7 Å². The summed E-state index contributed by atoms with van der Waals surface area (Å²) in [5.41, 5.74) is 0.738. The summed E-state index contributed by atoms with van der Waals surface area (Å²) in [4.78, 5) is 32.0. The lowest BCUT2D eigenvalue weighted by Crippen LogP contribution is -2.31. The normalized spacial score (nSPS) is 18.3. The number of phenolic OH excluding ortho intramolecular Hbond substituents is 1. The van der Waals surface area contributed by atoms with E-state index in [1.807, 2.05) is 10.8 Å². The largest absolute Gasteiger partial charge is 0.507 e. The number of aromatic nitrogens is 2. The number of aliphatic hydroxyl groups excluding tert-OH is 1. The third-order valence-corrected chi connectivity index (χ3v) is 6.92. The number of hydrogen-bond acceptors (Lipinski definition) is 8. The number of fused-ring (bicyclic) bond motifs is 1. The van der Waals surface area contributed by atoms with Gasteiger partial charge in [0, 0.05) is 31.0 Å². The minimum Gasteiger partial charge on any atom is -0.507 e. The molecule has 1 fully saturated rings. The molecule has 0 aliphatic carbocycles. The molecule has 1 aromatic heterocycles. The van der Waals surface area contributed by atoms with E-state index in [1.165, 1.54) is 12.0 Å². The Morgan fingerprint density at radius 3 is 2.68 bits per heavy atom. The van der Waals surface area contributed by atoms with E-state index >= 15 is 0 Å². The standard InChI is InChI=1S/C26H24BrN3O7/c1-35-20-13-16(11-17(27)24(20)32)22-21(23(31)15-3-4-18-19(12-15)37-10-9-36-18)25(33)26(34)30(22)7-2-6-29-8-5-28-14-29/h3-5,8,11-14,22,31-32H,2,6-7,9-10H2,1H3/t22-/m1/s1. The summed E-state index contributed by atoms with van der Waals surface area (Å²) in [5, 5.41) is 21.7. The highest BCUT2D eigenvalue weighted by Gasteiger charge is 2.46. The highest BCUT2D eigenvalue weighted by Crippen LogP contribution is 2.45. The van der Waals surface area contributed by atoms with E-state index in [-0.39, 0.29) is 29.4 Å². The Labute approximate surface area is 220 Å². The van der Waals surface area contributed by atoms with Crippen LogP contribution in [-0.4, -0.2) is 63.2 Å². The maximum absolute atomic E-state index is 13.3. The molecule has 0 spiro atoms. The lowest BCUT2D eigenvalue weighted by atomic mass is 9.94. The molecule has 2 aromatic carbocycles. The average molecular weight is 570 g/mol. The molecule has 37 heavy (non-hydrogen) atoms. The van der Waals surface area contributed by atoms with Gasteiger partial charge in [-0.15, -0.1) is 0 Å². The number of halogens is 1. The molecular weight excluding hydrogens is 546 g/mol. The van der Waals surface area contributed by atoms with Gasteiger partial charge >= 0.3 is 0 Å². The number of benzene rings is 2. The third-order valence-electron chi connectivity index (χ3n) is 6.32. The van der Waals surface area contributed by atoms with Crippen LogP contribution in [-0.2, 0) is 16.1 Å². The van der Waals surface area contributed by atoms with Crippen LogP contribution in [0.2, 0.25) is 0 Å². The number of phenols is 1. The number of amides is 1. The van der Waals surface area contributed by atoms with Gasteiger partial charge in [-0.3, -0.25) is 9.59 Å². The molecule has 1 saturated heterocycles. The predicted octanol–water partition coefficient (Wildman–Crippen LogP) is 3.64. The summed E-state index contributed by atoms with van der Waals surface area (Å²) < 4.78 is 18.7. The van der Waals surface area contributed by atoms with Gasteiger partial charge in [0.15, 0.2) is 23.0 Å². The van der Waals surface area contributed by atoms with E-state index in [9.17, 15) is 19.8 Å². The van der Waals surface area contributed by atoms with Gasteiger partial charge in [-0.1, -0.05) is 0 Å². The molecule has 192 valence electrons. The number of carbonyl (C=O) groups excluding carboxylic acids is 2. The molecule has 1 amide bonds. The Morgan fingerprint density at radius 1 is 1.16 bits per heavy atom. The van der Waals surface area contributed by atoms with E-state index in [2.05, 4.69) is 20.9 Å². The summed E-state index contributed by atoms with van der Waals surface area (Å²) in [6.45, 7) is 1.60. The van der Waals surface area contributed by atoms with Crippen molar-refractivity contribution in [2.45, 2.75) is 19.0 Å². The van der Waals surface area contributed by atoms with E-state index in [1.54, 1.807) is 42.9 Å². The minimum atomic E-state index is -0.915. The Bertz CT molecular complexity index is 1390. The number of methoxy groups -OCH3 is 1. The number of ether oxygens (including phenoxy) is 3. The lowest BCUT2D eigenvalue weighted by Gasteiger charge is -2.26. The first-order valence-electron chi connectivity index (χ1n) is 11.6. The van der Waals surface area contributed by atoms with E-state index in [0.29, 0.717) is 53.3 Å². The molecule has 0 saturated carbocycles. The molecular formula is C26H24BrN3O7.